The van der Waals surface area contributed by atoms with Gasteiger partial charge in [0.05, 0.1) is 12.6 Å². The molecular weight excluding hydrogens is 330 g/mol. The van der Waals surface area contributed by atoms with Gasteiger partial charge in [0.2, 0.25) is 5.91 Å². The Labute approximate surface area is 147 Å². The van der Waals surface area contributed by atoms with Crippen molar-refractivity contribution in [2.45, 2.75) is 38.4 Å². The molecule has 0 bridgehead atoms. The first-order chi connectivity index (χ1) is 11.5. The molecule has 0 radical (unpaired) electrons. The maximum atomic E-state index is 12.6. The molecule has 6 nitrogen and oxygen atoms in total. The maximum Gasteiger partial charge on any atom is 0.252 e. The molecule has 3 N–H and O–H groups in total. The predicted octanol–water partition coefficient (Wildman–Crippen LogP) is 2.02. The molecule has 0 spiro atoms. The van der Waals surface area contributed by atoms with Gasteiger partial charge in [-0.3, -0.25) is 9.59 Å². The first kappa shape index (κ1) is 18.7. The van der Waals surface area contributed by atoms with Gasteiger partial charge >= 0.3 is 0 Å². The maximum absolute atomic E-state index is 12.6. The molecule has 1 aromatic carbocycles. The standard InChI is InChI=1S/C17H24ClN3O3/c1-2-9-21(17(23)15-8-7-14(10-19)24-15)11-16(22)20-13-5-3-12(18)4-6-13/h3-6,14-15H,2,7-11,19H2,1H3,(H,20,22)/t14-,15+/m1/s1. The van der Waals surface area contributed by atoms with E-state index in [1.54, 1.807) is 29.2 Å². The predicted molar refractivity (Wildman–Crippen MR) is 93.9 cm³/mol. The van der Waals surface area contributed by atoms with Crippen molar-refractivity contribution < 1.29 is 14.3 Å². The summed E-state index contributed by atoms with van der Waals surface area (Å²) in [7, 11) is 0. The van der Waals surface area contributed by atoms with Crippen molar-refractivity contribution in [1.29, 1.82) is 0 Å². The number of anilines is 1. The fraction of sp³-hybridized carbons (Fsp3) is 0.529. The molecule has 24 heavy (non-hydrogen) atoms. The molecule has 1 fully saturated rings. The number of hydrogen-bond acceptors (Lipinski definition) is 4. The van der Waals surface area contributed by atoms with E-state index < -0.39 is 6.10 Å². The first-order valence-corrected chi connectivity index (χ1v) is 8.61. The number of rotatable bonds is 7. The molecular formula is C17H24ClN3O3. The quantitative estimate of drug-likeness (QED) is 0.785. The first-order valence-electron chi connectivity index (χ1n) is 8.23. The zero-order valence-corrected chi connectivity index (χ0v) is 14.6. The van der Waals surface area contributed by atoms with Crippen LogP contribution in [0.5, 0.6) is 0 Å². The number of halogens is 1. The zero-order valence-electron chi connectivity index (χ0n) is 13.8. The summed E-state index contributed by atoms with van der Waals surface area (Å²) in [6.45, 7) is 2.90. The molecule has 2 rings (SSSR count). The van der Waals surface area contributed by atoms with Crippen molar-refractivity contribution in [1.82, 2.24) is 4.90 Å². The summed E-state index contributed by atoms with van der Waals surface area (Å²) in [5.41, 5.74) is 6.23. The average molecular weight is 354 g/mol. The van der Waals surface area contributed by atoms with E-state index in [0.29, 0.717) is 30.2 Å². The van der Waals surface area contributed by atoms with Crippen LogP contribution >= 0.6 is 11.6 Å². The van der Waals surface area contributed by atoms with Gasteiger partial charge < -0.3 is 20.7 Å². The smallest absolute Gasteiger partial charge is 0.252 e. The van der Waals surface area contributed by atoms with Crippen LogP contribution in [0, 0.1) is 0 Å². The topological polar surface area (TPSA) is 84.7 Å². The highest BCUT2D eigenvalue weighted by Crippen LogP contribution is 2.21. The van der Waals surface area contributed by atoms with Gasteiger partial charge in [-0.1, -0.05) is 18.5 Å². The van der Waals surface area contributed by atoms with Gasteiger partial charge in [-0.2, -0.15) is 0 Å². The van der Waals surface area contributed by atoms with E-state index in [2.05, 4.69) is 5.32 Å². The number of benzene rings is 1. The molecule has 0 unspecified atom stereocenters. The molecule has 0 aliphatic carbocycles. The van der Waals surface area contributed by atoms with Gasteiger partial charge in [-0.15, -0.1) is 0 Å². The fourth-order valence-electron chi connectivity index (χ4n) is 2.71. The number of carbonyl (C=O) groups excluding carboxylic acids is 2. The third kappa shape index (κ3) is 5.19. The van der Waals surface area contributed by atoms with Crippen LogP contribution in [0.2, 0.25) is 5.02 Å². The monoisotopic (exact) mass is 353 g/mol. The summed E-state index contributed by atoms with van der Waals surface area (Å²) in [4.78, 5) is 26.4. The van der Waals surface area contributed by atoms with Crippen molar-refractivity contribution in [3.63, 3.8) is 0 Å². The summed E-state index contributed by atoms with van der Waals surface area (Å²) in [5, 5.41) is 3.37. The summed E-state index contributed by atoms with van der Waals surface area (Å²) < 4.78 is 5.65. The molecule has 0 saturated carbocycles. The van der Waals surface area contributed by atoms with E-state index in [9.17, 15) is 9.59 Å². The van der Waals surface area contributed by atoms with Gasteiger partial charge in [0, 0.05) is 23.8 Å². The third-order valence-electron chi connectivity index (χ3n) is 3.91. The minimum absolute atomic E-state index is 0.00243. The highest BCUT2D eigenvalue weighted by atomic mass is 35.5. The van der Waals surface area contributed by atoms with Crippen molar-refractivity contribution in [2.75, 3.05) is 25.0 Å². The lowest BCUT2D eigenvalue weighted by molar-refractivity contribution is -0.144. The SMILES string of the molecule is CCCN(CC(=O)Nc1ccc(Cl)cc1)C(=O)[C@@H]1CC[C@H](CN)O1. The van der Waals surface area contributed by atoms with Crippen molar-refractivity contribution in [2.24, 2.45) is 5.73 Å². The zero-order chi connectivity index (χ0) is 17.5. The molecule has 132 valence electrons. The Balaban J connectivity index is 1.93. The van der Waals surface area contributed by atoms with Crippen molar-refractivity contribution in [3.05, 3.63) is 29.3 Å². The van der Waals surface area contributed by atoms with Gasteiger partial charge in [0.1, 0.15) is 6.10 Å². The number of hydrogen-bond donors (Lipinski definition) is 2. The van der Waals surface area contributed by atoms with E-state index in [-0.39, 0.29) is 24.5 Å². The Morgan fingerprint density at radius 1 is 1.33 bits per heavy atom. The number of nitrogens with zero attached hydrogens (tertiary/aromatic N) is 1. The molecule has 2 amide bonds. The number of carbonyl (C=O) groups is 2. The fourth-order valence-corrected chi connectivity index (χ4v) is 2.83. The normalized spacial score (nSPS) is 20.0. The molecule has 1 aliphatic heterocycles. The Bertz CT molecular complexity index is 565. The largest absolute Gasteiger partial charge is 0.364 e. The summed E-state index contributed by atoms with van der Waals surface area (Å²) >= 11 is 5.82. The molecule has 1 aliphatic rings. The second-order valence-corrected chi connectivity index (χ2v) is 6.31. The molecule has 1 aromatic rings. The lowest BCUT2D eigenvalue weighted by Gasteiger charge is -2.24. The summed E-state index contributed by atoms with van der Waals surface area (Å²) in [5.74, 6) is -0.383. The minimum Gasteiger partial charge on any atom is -0.364 e. The van der Waals surface area contributed by atoms with Crippen LogP contribution in [0.1, 0.15) is 26.2 Å². The van der Waals surface area contributed by atoms with Gasteiger partial charge in [-0.25, -0.2) is 0 Å². The van der Waals surface area contributed by atoms with Gasteiger partial charge in [0.25, 0.3) is 5.91 Å². The van der Waals surface area contributed by atoms with E-state index in [1.807, 2.05) is 6.92 Å². The van der Waals surface area contributed by atoms with Crippen molar-refractivity contribution >= 4 is 29.1 Å². The molecule has 7 heteroatoms. The lowest BCUT2D eigenvalue weighted by atomic mass is 10.1. The van der Waals surface area contributed by atoms with E-state index in [4.69, 9.17) is 22.1 Å². The highest BCUT2D eigenvalue weighted by molar-refractivity contribution is 6.30. The van der Waals surface area contributed by atoms with Crippen molar-refractivity contribution in [3.8, 4) is 0 Å². The number of amides is 2. The number of ether oxygens (including phenoxy) is 1. The van der Waals surface area contributed by atoms with Crippen LogP contribution in [0.15, 0.2) is 24.3 Å². The van der Waals surface area contributed by atoms with Crippen LogP contribution in [0.3, 0.4) is 0 Å². The van der Waals surface area contributed by atoms with Crippen LogP contribution < -0.4 is 11.1 Å². The number of nitrogens with two attached hydrogens (primary N) is 1. The highest BCUT2D eigenvalue weighted by Gasteiger charge is 2.33. The second kappa shape index (κ2) is 9.01. The molecule has 2 atom stereocenters. The Hall–Kier alpha value is -1.63. The summed E-state index contributed by atoms with van der Waals surface area (Å²) in [6, 6.07) is 6.84. The van der Waals surface area contributed by atoms with E-state index in [1.165, 1.54) is 0 Å². The Kier molecular flexibility index (Phi) is 7.02. The molecule has 1 saturated heterocycles. The lowest BCUT2D eigenvalue weighted by Crippen LogP contribution is -2.44. The van der Waals surface area contributed by atoms with Crippen LogP contribution in [0.4, 0.5) is 5.69 Å². The minimum atomic E-state index is -0.492. The number of nitrogens with one attached hydrogen (secondary N) is 1. The molecule has 0 aromatic heterocycles. The second-order valence-electron chi connectivity index (χ2n) is 5.87. The average Bonchev–Trinajstić information content (AvgIpc) is 3.05. The van der Waals surface area contributed by atoms with Gasteiger partial charge in [-0.05, 0) is 43.5 Å². The van der Waals surface area contributed by atoms with Crippen LogP contribution in [0.25, 0.3) is 0 Å². The van der Waals surface area contributed by atoms with E-state index >= 15 is 0 Å². The summed E-state index contributed by atoms with van der Waals surface area (Å²) in [6.07, 6.45) is 1.65. The van der Waals surface area contributed by atoms with E-state index in [0.717, 1.165) is 12.8 Å². The Morgan fingerprint density at radius 3 is 2.62 bits per heavy atom. The van der Waals surface area contributed by atoms with Gasteiger partial charge in [0.15, 0.2) is 0 Å². The molecule has 1 heterocycles. The Morgan fingerprint density at radius 2 is 2.04 bits per heavy atom. The third-order valence-corrected chi connectivity index (χ3v) is 4.17. The van der Waals surface area contributed by atoms with Crippen LogP contribution in [-0.2, 0) is 14.3 Å². The van der Waals surface area contributed by atoms with Crippen LogP contribution in [-0.4, -0.2) is 48.6 Å².